The van der Waals surface area contributed by atoms with Crippen molar-refractivity contribution < 1.29 is 21.9 Å². The fourth-order valence-corrected chi connectivity index (χ4v) is 1.51. The van der Waals surface area contributed by atoms with Gasteiger partial charge in [-0.1, -0.05) is 6.92 Å². The molecule has 0 heterocycles. The Morgan fingerprint density at radius 2 is 2.06 bits per heavy atom. The quantitative estimate of drug-likeness (QED) is 0.378. The molecule has 1 atom stereocenters. The van der Waals surface area contributed by atoms with Gasteiger partial charge in [-0.25, -0.2) is 0 Å². The molecule has 0 saturated heterocycles. The van der Waals surface area contributed by atoms with Gasteiger partial charge in [-0.05, 0) is 26.9 Å². The standard InChI is InChI=1S/C9H18N2O5S/c1-4-8(11(2)3)5-7(9(10)12)6-16-17(13,14)15/h6,8H,4-5H2,1-3H3,(H2,10,12)(H,13,14,15)/b7-6-. The Morgan fingerprint density at radius 3 is 2.35 bits per heavy atom. The van der Waals surface area contributed by atoms with Crippen LogP contribution in [0.5, 0.6) is 0 Å². The van der Waals surface area contributed by atoms with E-state index in [1.165, 1.54) is 0 Å². The predicted octanol–water partition coefficient (Wildman–Crippen LogP) is -0.0947. The third-order valence-corrected chi connectivity index (χ3v) is 2.62. The van der Waals surface area contributed by atoms with Crippen LogP contribution in [0, 0.1) is 0 Å². The van der Waals surface area contributed by atoms with E-state index in [4.69, 9.17) is 10.3 Å². The maximum Gasteiger partial charge on any atom is 0.445 e. The predicted molar refractivity (Wildman–Crippen MR) is 62.3 cm³/mol. The normalized spacial score (nSPS) is 14.8. The molecule has 1 unspecified atom stereocenters. The summed E-state index contributed by atoms with van der Waals surface area (Å²) in [6.45, 7) is 1.92. The van der Waals surface area contributed by atoms with E-state index in [0.29, 0.717) is 6.26 Å². The van der Waals surface area contributed by atoms with Crippen molar-refractivity contribution >= 4 is 16.3 Å². The molecule has 7 nitrogen and oxygen atoms in total. The summed E-state index contributed by atoms with van der Waals surface area (Å²) in [4.78, 5) is 12.9. The van der Waals surface area contributed by atoms with Crippen molar-refractivity contribution in [1.82, 2.24) is 4.90 Å². The Morgan fingerprint density at radius 1 is 1.53 bits per heavy atom. The highest BCUT2D eigenvalue weighted by atomic mass is 32.3. The first-order chi connectivity index (χ1) is 7.67. The number of carbonyl (C=O) groups is 1. The molecule has 0 aliphatic carbocycles. The van der Waals surface area contributed by atoms with Gasteiger partial charge >= 0.3 is 10.4 Å². The van der Waals surface area contributed by atoms with Crippen LogP contribution in [0.1, 0.15) is 19.8 Å². The van der Waals surface area contributed by atoms with Gasteiger partial charge < -0.3 is 14.8 Å². The van der Waals surface area contributed by atoms with Crippen molar-refractivity contribution in [2.45, 2.75) is 25.8 Å². The third-order valence-electron chi connectivity index (χ3n) is 2.29. The molecule has 17 heavy (non-hydrogen) atoms. The largest absolute Gasteiger partial charge is 0.445 e. The Kier molecular flexibility index (Phi) is 6.14. The lowest BCUT2D eigenvalue weighted by molar-refractivity contribution is -0.114. The van der Waals surface area contributed by atoms with Crippen LogP contribution in [0.4, 0.5) is 0 Å². The lowest BCUT2D eigenvalue weighted by Gasteiger charge is -2.22. The molecular weight excluding hydrogens is 248 g/mol. The van der Waals surface area contributed by atoms with Crippen LogP contribution in [-0.2, 0) is 19.4 Å². The molecule has 0 radical (unpaired) electrons. The second-order valence-electron chi connectivity index (χ2n) is 3.76. The number of nitrogens with zero attached hydrogens (tertiary/aromatic N) is 1. The van der Waals surface area contributed by atoms with E-state index in [2.05, 4.69) is 4.18 Å². The van der Waals surface area contributed by atoms with Gasteiger partial charge in [0.2, 0.25) is 5.91 Å². The minimum absolute atomic E-state index is 0.00294. The smallest absolute Gasteiger partial charge is 0.369 e. The molecule has 3 N–H and O–H groups in total. The average Bonchev–Trinajstić information content (AvgIpc) is 2.15. The van der Waals surface area contributed by atoms with Crippen LogP contribution in [-0.4, -0.2) is 43.9 Å². The van der Waals surface area contributed by atoms with Gasteiger partial charge in [0.1, 0.15) is 6.26 Å². The SMILES string of the molecule is CCC(C/C(=C/OS(=O)(=O)O)C(N)=O)N(C)C. The zero-order valence-electron chi connectivity index (χ0n) is 10.1. The van der Waals surface area contributed by atoms with Gasteiger partial charge in [0, 0.05) is 6.04 Å². The fraction of sp³-hybridized carbons (Fsp3) is 0.667. The highest BCUT2D eigenvalue weighted by Gasteiger charge is 2.16. The fourth-order valence-electron chi connectivity index (χ4n) is 1.27. The number of amides is 1. The molecule has 1 amide bonds. The molecule has 0 bridgehead atoms. The van der Waals surface area contributed by atoms with E-state index < -0.39 is 16.3 Å². The highest BCUT2D eigenvalue weighted by molar-refractivity contribution is 7.81. The van der Waals surface area contributed by atoms with Crippen LogP contribution < -0.4 is 5.73 Å². The summed E-state index contributed by atoms with van der Waals surface area (Å²) in [7, 11) is -0.954. The number of rotatable bonds is 7. The molecule has 100 valence electrons. The van der Waals surface area contributed by atoms with Crippen molar-refractivity contribution in [1.29, 1.82) is 0 Å². The molecule has 0 aliphatic heterocycles. The number of hydrogen-bond acceptors (Lipinski definition) is 5. The van der Waals surface area contributed by atoms with Crippen LogP contribution >= 0.6 is 0 Å². The van der Waals surface area contributed by atoms with Gasteiger partial charge in [-0.15, -0.1) is 0 Å². The molecule has 0 aromatic carbocycles. The van der Waals surface area contributed by atoms with Crippen molar-refractivity contribution in [3.05, 3.63) is 11.8 Å². The Bertz CT molecular complexity index is 388. The number of hydrogen-bond donors (Lipinski definition) is 2. The van der Waals surface area contributed by atoms with Gasteiger partial charge in [0.15, 0.2) is 0 Å². The van der Waals surface area contributed by atoms with Gasteiger partial charge in [0.25, 0.3) is 0 Å². The summed E-state index contributed by atoms with van der Waals surface area (Å²) >= 11 is 0. The first-order valence-electron chi connectivity index (χ1n) is 4.98. The molecule has 0 aliphatic rings. The number of primary amides is 1. The third kappa shape index (κ3) is 6.93. The summed E-state index contributed by atoms with van der Waals surface area (Å²) in [6.07, 6.45) is 1.67. The molecule has 0 saturated carbocycles. The minimum Gasteiger partial charge on any atom is -0.369 e. The highest BCUT2D eigenvalue weighted by Crippen LogP contribution is 2.13. The second-order valence-corrected chi connectivity index (χ2v) is 4.81. The average molecular weight is 266 g/mol. The van der Waals surface area contributed by atoms with Crippen molar-refractivity contribution in [3.63, 3.8) is 0 Å². The molecular formula is C9H18N2O5S. The first kappa shape index (κ1) is 15.9. The van der Waals surface area contributed by atoms with Crippen molar-refractivity contribution in [2.24, 2.45) is 5.73 Å². The number of nitrogens with two attached hydrogens (primary N) is 1. The van der Waals surface area contributed by atoms with E-state index >= 15 is 0 Å². The lowest BCUT2D eigenvalue weighted by atomic mass is 10.0. The first-order valence-corrected chi connectivity index (χ1v) is 6.34. The summed E-state index contributed by atoms with van der Waals surface area (Å²) < 4.78 is 33.2. The molecule has 0 rings (SSSR count). The molecule has 8 heteroatoms. The zero-order valence-corrected chi connectivity index (χ0v) is 10.9. The zero-order chi connectivity index (χ0) is 13.6. The van der Waals surface area contributed by atoms with Crippen molar-refractivity contribution in [2.75, 3.05) is 14.1 Å². The Labute approximate surface area is 101 Å². The summed E-state index contributed by atoms with van der Waals surface area (Å²) in [5.74, 6) is -0.783. The summed E-state index contributed by atoms with van der Waals surface area (Å²) in [5, 5.41) is 0. The lowest BCUT2D eigenvalue weighted by Crippen LogP contribution is -2.30. The monoisotopic (exact) mass is 266 g/mol. The maximum absolute atomic E-state index is 11.1. The number of carbonyl (C=O) groups excluding carboxylic acids is 1. The van der Waals surface area contributed by atoms with Crippen LogP contribution in [0.15, 0.2) is 11.8 Å². The van der Waals surface area contributed by atoms with Gasteiger partial charge in [0.05, 0.1) is 5.57 Å². The summed E-state index contributed by atoms with van der Waals surface area (Å²) in [5.41, 5.74) is 5.09. The molecule has 0 fully saturated rings. The van der Waals surface area contributed by atoms with E-state index in [9.17, 15) is 13.2 Å². The molecule has 0 aromatic rings. The Balaban J connectivity index is 4.82. The topological polar surface area (TPSA) is 110 Å². The van der Waals surface area contributed by atoms with E-state index in [0.717, 1.165) is 6.42 Å². The van der Waals surface area contributed by atoms with E-state index in [1.54, 1.807) is 0 Å². The van der Waals surface area contributed by atoms with E-state index in [1.807, 2.05) is 25.9 Å². The minimum atomic E-state index is -4.61. The van der Waals surface area contributed by atoms with Gasteiger partial charge in [-0.2, -0.15) is 8.42 Å². The van der Waals surface area contributed by atoms with Gasteiger partial charge in [-0.3, -0.25) is 9.35 Å². The molecule has 0 aromatic heterocycles. The molecule has 0 spiro atoms. The second kappa shape index (κ2) is 6.58. The van der Waals surface area contributed by atoms with Crippen molar-refractivity contribution in [3.8, 4) is 0 Å². The van der Waals surface area contributed by atoms with Crippen LogP contribution in [0.25, 0.3) is 0 Å². The van der Waals surface area contributed by atoms with E-state index in [-0.39, 0.29) is 18.0 Å². The summed E-state index contributed by atoms with van der Waals surface area (Å²) in [6, 6.07) is 0.0266. The Hall–Kier alpha value is -1.12. The van der Waals surface area contributed by atoms with Crippen LogP contribution in [0.3, 0.4) is 0 Å². The van der Waals surface area contributed by atoms with Crippen LogP contribution in [0.2, 0.25) is 0 Å². The maximum atomic E-state index is 11.1.